The third-order valence-corrected chi connectivity index (χ3v) is 5.36. The molecule has 2 aromatic heterocycles. The highest BCUT2D eigenvalue weighted by atomic mass is 35.5. The zero-order valence-corrected chi connectivity index (χ0v) is 15.7. The maximum atomic E-state index is 12.4. The van der Waals surface area contributed by atoms with Crippen molar-refractivity contribution in [3.8, 4) is 0 Å². The predicted molar refractivity (Wildman–Crippen MR) is 103 cm³/mol. The van der Waals surface area contributed by atoms with E-state index in [2.05, 4.69) is 10.2 Å². The van der Waals surface area contributed by atoms with Crippen LogP contribution in [0.25, 0.3) is 5.65 Å². The van der Waals surface area contributed by atoms with Crippen LogP contribution in [0.2, 0.25) is 5.02 Å². The van der Waals surface area contributed by atoms with Gasteiger partial charge >= 0.3 is 0 Å². The van der Waals surface area contributed by atoms with Gasteiger partial charge in [-0.15, -0.1) is 10.2 Å². The van der Waals surface area contributed by atoms with Crippen LogP contribution >= 0.6 is 11.6 Å². The molecular weight excluding hydrogens is 364 g/mol. The topological polar surface area (TPSA) is 59.7 Å². The standard InChI is InChI=1S/C20H21ClN4O2/c21-17-6-2-1-5-16(17)13-27-14-19(26)24-11-8-15(9-12-24)20-23-22-18-7-3-4-10-25(18)20/h1-7,10,15H,8-9,11-14H2. The van der Waals surface area contributed by atoms with Gasteiger partial charge in [0, 0.05) is 30.2 Å². The Hall–Kier alpha value is -2.44. The summed E-state index contributed by atoms with van der Waals surface area (Å²) in [6.07, 6.45) is 3.75. The summed E-state index contributed by atoms with van der Waals surface area (Å²) in [5.41, 5.74) is 1.75. The number of carbonyl (C=O) groups excluding carboxylic acids is 1. The molecule has 0 radical (unpaired) electrons. The highest BCUT2D eigenvalue weighted by Gasteiger charge is 2.26. The van der Waals surface area contributed by atoms with Gasteiger partial charge in [-0.1, -0.05) is 35.9 Å². The van der Waals surface area contributed by atoms with Crippen LogP contribution in [-0.4, -0.2) is 45.1 Å². The zero-order valence-electron chi connectivity index (χ0n) is 14.9. The Labute approximate surface area is 162 Å². The van der Waals surface area contributed by atoms with E-state index in [1.807, 2.05) is 58.0 Å². The number of rotatable bonds is 5. The number of benzene rings is 1. The summed E-state index contributed by atoms with van der Waals surface area (Å²) < 4.78 is 7.61. The summed E-state index contributed by atoms with van der Waals surface area (Å²) in [7, 11) is 0. The molecule has 0 unspecified atom stereocenters. The van der Waals surface area contributed by atoms with Crippen molar-refractivity contribution in [1.82, 2.24) is 19.5 Å². The van der Waals surface area contributed by atoms with Crippen molar-refractivity contribution < 1.29 is 9.53 Å². The van der Waals surface area contributed by atoms with Gasteiger partial charge in [0.1, 0.15) is 12.4 Å². The van der Waals surface area contributed by atoms with Gasteiger partial charge in [0.05, 0.1) is 6.61 Å². The van der Waals surface area contributed by atoms with Crippen LogP contribution in [0.4, 0.5) is 0 Å². The van der Waals surface area contributed by atoms with E-state index in [1.165, 1.54) is 0 Å². The maximum Gasteiger partial charge on any atom is 0.248 e. The summed E-state index contributed by atoms with van der Waals surface area (Å²) >= 11 is 6.11. The number of halogens is 1. The smallest absolute Gasteiger partial charge is 0.248 e. The quantitative estimate of drug-likeness (QED) is 0.677. The van der Waals surface area contributed by atoms with E-state index in [4.69, 9.17) is 16.3 Å². The molecule has 7 heteroatoms. The Morgan fingerprint density at radius 3 is 2.70 bits per heavy atom. The Morgan fingerprint density at radius 2 is 1.89 bits per heavy atom. The fourth-order valence-corrected chi connectivity index (χ4v) is 3.67. The van der Waals surface area contributed by atoms with Crippen molar-refractivity contribution in [2.75, 3.05) is 19.7 Å². The van der Waals surface area contributed by atoms with Crippen LogP contribution < -0.4 is 0 Å². The number of fused-ring (bicyclic) bond motifs is 1. The number of nitrogens with zero attached hydrogens (tertiary/aromatic N) is 4. The molecule has 1 aromatic carbocycles. The fraction of sp³-hybridized carbons (Fsp3) is 0.350. The first-order valence-electron chi connectivity index (χ1n) is 9.11. The number of hydrogen-bond acceptors (Lipinski definition) is 4. The Kier molecular flexibility index (Phi) is 5.36. The van der Waals surface area contributed by atoms with Crippen molar-refractivity contribution in [2.45, 2.75) is 25.4 Å². The average molecular weight is 385 g/mol. The largest absolute Gasteiger partial charge is 0.367 e. The molecule has 0 atom stereocenters. The summed E-state index contributed by atoms with van der Waals surface area (Å²) in [6.45, 7) is 1.83. The lowest BCUT2D eigenvalue weighted by Crippen LogP contribution is -2.40. The minimum absolute atomic E-state index is 0.0200. The number of amides is 1. The van der Waals surface area contributed by atoms with Crippen LogP contribution in [0.3, 0.4) is 0 Å². The normalized spacial score (nSPS) is 15.4. The second-order valence-electron chi connectivity index (χ2n) is 6.73. The number of likely N-dealkylation sites (tertiary alicyclic amines) is 1. The number of hydrogen-bond donors (Lipinski definition) is 0. The third kappa shape index (κ3) is 3.96. The Morgan fingerprint density at radius 1 is 1.11 bits per heavy atom. The minimum Gasteiger partial charge on any atom is -0.367 e. The van der Waals surface area contributed by atoms with E-state index < -0.39 is 0 Å². The van der Waals surface area contributed by atoms with Gasteiger partial charge in [-0.05, 0) is 36.6 Å². The molecule has 6 nitrogen and oxygen atoms in total. The number of ether oxygens (including phenoxy) is 1. The van der Waals surface area contributed by atoms with E-state index in [0.29, 0.717) is 30.6 Å². The van der Waals surface area contributed by atoms with E-state index in [0.717, 1.165) is 29.9 Å². The minimum atomic E-state index is 0.0200. The average Bonchev–Trinajstić information content (AvgIpc) is 3.14. The summed E-state index contributed by atoms with van der Waals surface area (Å²) in [6, 6.07) is 13.4. The second kappa shape index (κ2) is 8.06. The molecule has 1 aliphatic rings. The van der Waals surface area contributed by atoms with Crippen LogP contribution in [0.1, 0.15) is 30.1 Å². The Balaban J connectivity index is 1.28. The molecule has 4 rings (SSSR count). The number of carbonyl (C=O) groups is 1. The van der Waals surface area contributed by atoms with Crippen LogP contribution in [0, 0.1) is 0 Å². The number of aromatic nitrogens is 3. The van der Waals surface area contributed by atoms with E-state index in [9.17, 15) is 4.79 Å². The van der Waals surface area contributed by atoms with Gasteiger partial charge in [-0.25, -0.2) is 0 Å². The van der Waals surface area contributed by atoms with Gasteiger partial charge in [0.2, 0.25) is 5.91 Å². The molecule has 140 valence electrons. The molecule has 0 bridgehead atoms. The SMILES string of the molecule is O=C(COCc1ccccc1Cl)N1CCC(c2nnc3ccccn23)CC1. The first-order chi connectivity index (χ1) is 13.2. The van der Waals surface area contributed by atoms with Crippen LogP contribution in [0.15, 0.2) is 48.7 Å². The molecule has 1 aliphatic heterocycles. The monoisotopic (exact) mass is 384 g/mol. The van der Waals surface area contributed by atoms with Crippen LogP contribution in [0.5, 0.6) is 0 Å². The van der Waals surface area contributed by atoms with Crippen molar-refractivity contribution in [2.24, 2.45) is 0 Å². The molecule has 0 aliphatic carbocycles. The first kappa shape index (κ1) is 17.9. The molecule has 1 amide bonds. The first-order valence-corrected chi connectivity index (χ1v) is 9.49. The zero-order chi connectivity index (χ0) is 18.6. The fourth-order valence-electron chi connectivity index (χ4n) is 3.48. The van der Waals surface area contributed by atoms with Gasteiger partial charge < -0.3 is 9.64 Å². The summed E-state index contributed by atoms with van der Waals surface area (Å²) in [5, 5.41) is 9.24. The summed E-state index contributed by atoms with van der Waals surface area (Å²) in [5.74, 6) is 1.31. The molecule has 0 spiro atoms. The van der Waals surface area contributed by atoms with Gasteiger partial charge in [-0.3, -0.25) is 9.20 Å². The molecule has 0 saturated carbocycles. The molecule has 3 aromatic rings. The molecule has 3 heterocycles. The molecule has 0 N–H and O–H groups in total. The van der Waals surface area contributed by atoms with Crippen molar-refractivity contribution in [3.05, 3.63) is 65.1 Å². The third-order valence-electron chi connectivity index (χ3n) is 4.99. The summed E-state index contributed by atoms with van der Waals surface area (Å²) in [4.78, 5) is 14.3. The van der Waals surface area contributed by atoms with E-state index >= 15 is 0 Å². The lowest BCUT2D eigenvalue weighted by atomic mass is 9.96. The highest BCUT2D eigenvalue weighted by molar-refractivity contribution is 6.31. The van der Waals surface area contributed by atoms with E-state index in [1.54, 1.807) is 0 Å². The molecule has 27 heavy (non-hydrogen) atoms. The second-order valence-corrected chi connectivity index (χ2v) is 7.13. The number of piperidine rings is 1. The maximum absolute atomic E-state index is 12.4. The predicted octanol–water partition coefficient (Wildman–Crippen LogP) is 3.31. The van der Waals surface area contributed by atoms with Gasteiger partial charge in [0.25, 0.3) is 0 Å². The van der Waals surface area contributed by atoms with Crippen molar-refractivity contribution in [3.63, 3.8) is 0 Å². The van der Waals surface area contributed by atoms with Gasteiger partial charge in [0.15, 0.2) is 5.65 Å². The lowest BCUT2D eigenvalue weighted by molar-refractivity contribution is -0.137. The van der Waals surface area contributed by atoms with Crippen molar-refractivity contribution >= 4 is 23.2 Å². The molecule has 1 saturated heterocycles. The van der Waals surface area contributed by atoms with Crippen molar-refractivity contribution in [1.29, 1.82) is 0 Å². The van der Waals surface area contributed by atoms with E-state index in [-0.39, 0.29) is 12.5 Å². The molecular formula is C20H21ClN4O2. The molecule has 1 fully saturated rings. The van der Waals surface area contributed by atoms with Gasteiger partial charge in [-0.2, -0.15) is 0 Å². The van der Waals surface area contributed by atoms with Crippen LogP contribution in [-0.2, 0) is 16.1 Å². The lowest BCUT2D eigenvalue weighted by Gasteiger charge is -2.31. The number of pyridine rings is 1. The highest BCUT2D eigenvalue weighted by Crippen LogP contribution is 2.27. The Bertz CT molecular complexity index is 934.